The molecule has 4 aliphatic rings. The number of rotatable bonds is 9. The Labute approximate surface area is 337 Å². The van der Waals surface area contributed by atoms with E-state index in [9.17, 15) is 29.1 Å². The van der Waals surface area contributed by atoms with E-state index in [4.69, 9.17) is 9.47 Å². The molecule has 0 radical (unpaired) electrons. The summed E-state index contributed by atoms with van der Waals surface area (Å²) in [4.78, 5) is 70.9. The van der Waals surface area contributed by atoms with Gasteiger partial charge in [0.2, 0.25) is 11.8 Å². The second kappa shape index (κ2) is 20.5. The molecular weight excluding hydrogens is 729 g/mol. The van der Waals surface area contributed by atoms with Crippen molar-refractivity contribution >= 4 is 35.6 Å². The van der Waals surface area contributed by atoms with Gasteiger partial charge < -0.3 is 39.5 Å². The van der Waals surface area contributed by atoms with Crippen LogP contribution in [0.5, 0.6) is 5.75 Å². The van der Waals surface area contributed by atoms with Crippen molar-refractivity contribution in [2.45, 2.75) is 91.1 Å². The van der Waals surface area contributed by atoms with Gasteiger partial charge in [-0.2, -0.15) is 0 Å². The lowest BCUT2D eigenvalue weighted by molar-refractivity contribution is -0.146. The molecule has 14 heteroatoms. The number of phenolic OH excluding ortho intramolecular Hbond substituents is 1. The highest BCUT2D eigenvalue weighted by molar-refractivity contribution is 5.91. The average molecular weight is 791 g/mol. The van der Waals surface area contributed by atoms with Crippen LogP contribution >= 0.6 is 0 Å². The fourth-order valence-corrected chi connectivity index (χ4v) is 8.53. The van der Waals surface area contributed by atoms with Crippen LogP contribution in [0, 0.1) is 19.8 Å². The van der Waals surface area contributed by atoms with Gasteiger partial charge >= 0.3 is 18.1 Å². The quantitative estimate of drug-likeness (QED) is 0.336. The van der Waals surface area contributed by atoms with Crippen LogP contribution in [0.1, 0.15) is 74.6 Å². The molecule has 312 valence electrons. The van der Waals surface area contributed by atoms with Crippen LogP contribution in [0.25, 0.3) is 0 Å². The fraction of sp³-hybridized carbons (Fsp3) is 0.605. The maximum Gasteiger partial charge on any atom is 0.409 e. The molecule has 4 heterocycles. The SMILES string of the molecule is CCOC(=O)CCC(=O)N1CCN(C2CCN(C(=O)[C@H](C)Cc3cc(C)c(O)c(C)c3)CC2)CC1.COC(=O)N1CCC(N2CCc3ccccc3NC2=O)CC1. The Balaban J connectivity index is 0.000000241. The van der Waals surface area contributed by atoms with Crippen molar-refractivity contribution < 1.29 is 38.6 Å². The third kappa shape index (κ3) is 11.6. The number of likely N-dealkylation sites (tertiary alicyclic amines) is 2. The molecule has 57 heavy (non-hydrogen) atoms. The van der Waals surface area contributed by atoms with Gasteiger partial charge in [0.1, 0.15) is 5.75 Å². The summed E-state index contributed by atoms with van der Waals surface area (Å²) in [6, 6.07) is 12.4. The average Bonchev–Trinajstić information content (AvgIpc) is 3.39. The van der Waals surface area contributed by atoms with Gasteiger partial charge in [-0.1, -0.05) is 37.3 Å². The van der Waals surface area contributed by atoms with E-state index in [-0.39, 0.29) is 54.7 Å². The van der Waals surface area contributed by atoms with E-state index in [1.54, 1.807) is 11.8 Å². The number of piperidine rings is 2. The molecular formula is C43H62N6O8. The Morgan fingerprint density at radius 3 is 2.07 bits per heavy atom. The zero-order valence-electron chi connectivity index (χ0n) is 34.5. The molecule has 0 saturated carbocycles. The zero-order chi connectivity index (χ0) is 41.1. The summed E-state index contributed by atoms with van der Waals surface area (Å²) in [5, 5.41) is 13.0. The number of hydrogen-bond donors (Lipinski definition) is 2. The summed E-state index contributed by atoms with van der Waals surface area (Å²) in [7, 11) is 1.40. The molecule has 2 aromatic rings. The number of aromatic hydroxyl groups is 1. The summed E-state index contributed by atoms with van der Waals surface area (Å²) in [5.41, 5.74) is 4.86. The van der Waals surface area contributed by atoms with Crippen LogP contribution in [0.4, 0.5) is 15.3 Å². The monoisotopic (exact) mass is 790 g/mol. The number of phenols is 1. The lowest BCUT2D eigenvalue weighted by Gasteiger charge is -2.43. The van der Waals surface area contributed by atoms with Crippen LogP contribution in [0.2, 0.25) is 0 Å². The first-order valence-electron chi connectivity index (χ1n) is 20.6. The summed E-state index contributed by atoms with van der Waals surface area (Å²) in [5.74, 6) is 0.133. The Morgan fingerprint density at radius 1 is 0.825 bits per heavy atom. The summed E-state index contributed by atoms with van der Waals surface area (Å²) >= 11 is 0. The number of nitrogens with zero attached hydrogens (tertiary/aromatic N) is 5. The predicted molar refractivity (Wildman–Crippen MR) is 217 cm³/mol. The lowest BCUT2D eigenvalue weighted by Crippen LogP contribution is -2.55. The third-order valence-corrected chi connectivity index (χ3v) is 11.8. The number of amides is 5. The van der Waals surface area contributed by atoms with Crippen molar-refractivity contribution in [1.29, 1.82) is 0 Å². The van der Waals surface area contributed by atoms with Crippen molar-refractivity contribution in [3.63, 3.8) is 0 Å². The molecule has 0 unspecified atom stereocenters. The number of carbonyl (C=O) groups excluding carboxylic acids is 5. The standard InChI is InChI=1S/C27H41N3O5.C16H21N3O3/c1-5-35-25(32)7-6-24(31)29-14-12-28(13-15-29)23-8-10-30(11-9-23)27(34)21(4)18-22-16-19(2)26(33)20(3)17-22;1-22-16(21)18-9-7-13(8-10-18)19-11-6-12-4-2-3-5-14(12)17-15(19)20/h16-17,21,23,33H,5-15,18H2,1-4H3;2-5,13H,6-11H2,1H3,(H,17,20)/t21-;/m1./s1. The summed E-state index contributed by atoms with van der Waals surface area (Å²) in [6.45, 7) is 14.4. The first kappa shape index (κ1) is 43.3. The Hall–Kier alpha value is -4.85. The van der Waals surface area contributed by atoms with Crippen molar-refractivity contribution in [3.05, 3.63) is 58.7 Å². The number of carbonyl (C=O) groups is 5. The molecule has 6 rings (SSSR count). The topological polar surface area (TPSA) is 152 Å². The van der Waals surface area contributed by atoms with Crippen molar-refractivity contribution in [2.24, 2.45) is 5.92 Å². The number of benzene rings is 2. The molecule has 3 fully saturated rings. The highest BCUT2D eigenvalue weighted by Crippen LogP contribution is 2.27. The molecule has 14 nitrogen and oxygen atoms in total. The number of nitrogens with one attached hydrogen (secondary N) is 1. The minimum Gasteiger partial charge on any atom is -0.507 e. The molecule has 0 spiro atoms. The minimum atomic E-state index is -0.316. The molecule has 2 N–H and O–H groups in total. The van der Waals surface area contributed by atoms with Gasteiger partial charge in [-0.05, 0) is 87.6 Å². The molecule has 5 amide bonds. The summed E-state index contributed by atoms with van der Waals surface area (Å²) < 4.78 is 9.65. The van der Waals surface area contributed by atoms with E-state index in [1.807, 2.05) is 65.8 Å². The molecule has 2 aromatic carbocycles. The molecule has 0 aliphatic carbocycles. The number of anilines is 1. The van der Waals surface area contributed by atoms with E-state index < -0.39 is 0 Å². The molecule has 0 bridgehead atoms. The van der Waals surface area contributed by atoms with Crippen LogP contribution < -0.4 is 5.32 Å². The highest BCUT2D eigenvalue weighted by Gasteiger charge is 2.33. The van der Waals surface area contributed by atoms with Crippen molar-refractivity contribution in [2.75, 3.05) is 77.9 Å². The number of fused-ring (bicyclic) bond motifs is 1. The van der Waals surface area contributed by atoms with Crippen LogP contribution in [-0.4, -0.2) is 144 Å². The number of piperazine rings is 1. The number of hydrogen-bond acceptors (Lipinski definition) is 9. The first-order valence-corrected chi connectivity index (χ1v) is 20.6. The van der Waals surface area contributed by atoms with Crippen molar-refractivity contribution in [3.8, 4) is 5.75 Å². The Morgan fingerprint density at radius 2 is 1.44 bits per heavy atom. The van der Waals surface area contributed by atoms with Gasteiger partial charge in [0.05, 0.1) is 20.1 Å². The number of urea groups is 1. The fourth-order valence-electron chi connectivity index (χ4n) is 8.53. The predicted octanol–water partition coefficient (Wildman–Crippen LogP) is 4.97. The second-order valence-electron chi connectivity index (χ2n) is 15.7. The van der Waals surface area contributed by atoms with Gasteiger partial charge in [-0.15, -0.1) is 0 Å². The van der Waals surface area contributed by atoms with Crippen molar-refractivity contribution in [1.82, 2.24) is 24.5 Å². The number of ether oxygens (including phenoxy) is 2. The van der Waals surface area contributed by atoms with E-state index in [0.717, 1.165) is 80.7 Å². The second-order valence-corrected chi connectivity index (χ2v) is 15.7. The van der Waals surface area contributed by atoms with Crippen LogP contribution in [0.15, 0.2) is 36.4 Å². The van der Waals surface area contributed by atoms with E-state index in [1.165, 1.54) is 12.7 Å². The number of para-hydroxylation sites is 1. The zero-order valence-corrected chi connectivity index (χ0v) is 34.5. The van der Waals surface area contributed by atoms with Gasteiger partial charge in [0, 0.05) is 89.0 Å². The summed E-state index contributed by atoms with van der Waals surface area (Å²) in [6.07, 6.45) is 5.08. The maximum atomic E-state index is 13.1. The highest BCUT2D eigenvalue weighted by atomic mass is 16.5. The Bertz CT molecular complexity index is 1690. The first-order chi connectivity index (χ1) is 27.4. The van der Waals surface area contributed by atoms with Crippen LogP contribution in [-0.2, 0) is 36.7 Å². The van der Waals surface area contributed by atoms with E-state index in [2.05, 4.69) is 16.3 Å². The molecule has 3 saturated heterocycles. The van der Waals surface area contributed by atoms with Gasteiger partial charge in [0.25, 0.3) is 0 Å². The van der Waals surface area contributed by atoms with Gasteiger partial charge in [-0.25, -0.2) is 9.59 Å². The number of aryl methyl sites for hydroxylation is 2. The van der Waals surface area contributed by atoms with Gasteiger partial charge in [-0.3, -0.25) is 19.3 Å². The largest absolute Gasteiger partial charge is 0.507 e. The normalized spacial score (nSPS) is 18.7. The molecule has 1 atom stereocenters. The lowest BCUT2D eigenvalue weighted by atomic mass is 9.95. The minimum absolute atomic E-state index is 0.0196. The molecule has 0 aromatic heterocycles. The third-order valence-electron chi connectivity index (χ3n) is 11.8. The van der Waals surface area contributed by atoms with E-state index in [0.29, 0.717) is 57.5 Å². The Kier molecular flexibility index (Phi) is 15.6. The molecule has 4 aliphatic heterocycles. The number of methoxy groups -OCH3 is 1. The van der Waals surface area contributed by atoms with Crippen LogP contribution in [0.3, 0.4) is 0 Å². The maximum absolute atomic E-state index is 13.1. The number of esters is 1. The van der Waals surface area contributed by atoms with Gasteiger partial charge in [0.15, 0.2) is 0 Å². The smallest absolute Gasteiger partial charge is 0.409 e. The van der Waals surface area contributed by atoms with E-state index >= 15 is 0 Å².